The second kappa shape index (κ2) is 8.40. The Labute approximate surface area is 192 Å². The zero-order valence-corrected chi connectivity index (χ0v) is 21.8. The van der Waals surface area contributed by atoms with Crippen LogP contribution in [0, 0.1) is 0 Å². The predicted molar refractivity (Wildman–Crippen MR) is 143 cm³/mol. The number of rotatable bonds is 5. The van der Waals surface area contributed by atoms with Gasteiger partial charge in [-0.15, -0.1) is 0 Å². The van der Waals surface area contributed by atoms with Crippen molar-refractivity contribution in [1.82, 2.24) is 0 Å². The minimum Gasteiger partial charge on any atom is -0.0691 e. The standard InChI is InChI=1S/C29H36Si2/c1-30(2,3)28-25(22-16-10-7-11-17-22)26(23-18-12-8-13-19-23)29(31(4,5)6)27(28)24-20-14-9-15-21-24/h7-21,27-29H,1-6H3/t27?,28-,29+/i28D/m0/s1. The van der Waals surface area contributed by atoms with Crippen molar-refractivity contribution in [2.24, 2.45) is 0 Å². The van der Waals surface area contributed by atoms with Crippen molar-refractivity contribution < 1.29 is 1.37 Å². The highest BCUT2D eigenvalue weighted by molar-refractivity contribution is 6.83. The summed E-state index contributed by atoms with van der Waals surface area (Å²) in [6.45, 7) is 14.7. The van der Waals surface area contributed by atoms with E-state index in [9.17, 15) is 1.37 Å². The average molecular weight is 442 g/mol. The third-order valence-corrected chi connectivity index (χ3v) is 11.2. The van der Waals surface area contributed by atoms with Crippen LogP contribution in [-0.4, -0.2) is 16.1 Å². The fourth-order valence-electron chi connectivity index (χ4n) is 5.44. The molecule has 0 fully saturated rings. The molecule has 1 aliphatic rings. The summed E-state index contributed by atoms with van der Waals surface area (Å²) in [6, 6.07) is 32.7. The molecule has 1 unspecified atom stereocenters. The molecule has 4 rings (SSSR count). The van der Waals surface area contributed by atoms with Crippen LogP contribution in [0.3, 0.4) is 0 Å². The van der Waals surface area contributed by atoms with E-state index in [1.54, 1.807) is 0 Å². The van der Waals surface area contributed by atoms with Gasteiger partial charge in [-0.25, -0.2) is 0 Å². The summed E-state index contributed by atoms with van der Waals surface area (Å²) in [6.07, 6.45) is 0. The Morgan fingerprint density at radius 2 is 0.968 bits per heavy atom. The number of hydrogen-bond donors (Lipinski definition) is 0. The molecular formula is C29H36Si2. The van der Waals surface area contributed by atoms with Gasteiger partial charge in [-0.05, 0) is 44.8 Å². The highest BCUT2D eigenvalue weighted by atomic mass is 28.3. The summed E-state index contributed by atoms with van der Waals surface area (Å²) < 4.78 is 10.4. The van der Waals surface area contributed by atoms with Gasteiger partial charge in [0.15, 0.2) is 0 Å². The van der Waals surface area contributed by atoms with Crippen LogP contribution in [0.15, 0.2) is 91.0 Å². The Bertz CT molecular complexity index is 1090. The second-order valence-corrected chi connectivity index (χ2v) is 21.3. The average Bonchev–Trinajstić information content (AvgIpc) is 3.06. The fraction of sp³-hybridized carbons (Fsp3) is 0.310. The Morgan fingerprint density at radius 1 is 0.548 bits per heavy atom. The van der Waals surface area contributed by atoms with Crippen molar-refractivity contribution in [3.63, 3.8) is 0 Å². The molecule has 0 N–H and O–H groups in total. The number of hydrogen-bond acceptors (Lipinski definition) is 0. The second-order valence-electron chi connectivity index (χ2n) is 10.9. The molecule has 0 nitrogen and oxygen atoms in total. The van der Waals surface area contributed by atoms with E-state index in [1.807, 2.05) is 0 Å². The summed E-state index contributed by atoms with van der Waals surface area (Å²) in [4.78, 5) is 0. The molecular weight excluding hydrogens is 404 g/mol. The highest BCUT2D eigenvalue weighted by Gasteiger charge is 2.52. The lowest BCUT2D eigenvalue weighted by Gasteiger charge is -2.39. The van der Waals surface area contributed by atoms with Gasteiger partial charge in [0.1, 0.15) is 0 Å². The molecule has 0 amide bonds. The summed E-state index contributed by atoms with van der Waals surface area (Å²) in [7, 11) is -3.72. The summed E-state index contributed by atoms with van der Waals surface area (Å²) in [5, 5.41) is 0. The van der Waals surface area contributed by atoms with Crippen LogP contribution in [0.25, 0.3) is 11.1 Å². The minimum absolute atomic E-state index is 0.174. The van der Waals surface area contributed by atoms with E-state index in [1.165, 1.54) is 27.8 Å². The third kappa shape index (κ3) is 4.29. The number of benzene rings is 3. The van der Waals surface area contributed by atoms with Gasteiger partial charge in [0, 0.05) is 1.37 Å². The van der Waals surface area contributed by atoms with Gasteiger partial charge < -0.3 is 0 Å². The summed E-state index contributed by atoms with van der Waals surface area (Å²) in [5.41, 5.74) is 6.33. The molecule has 3 aromatic carbocycles. The first-order valence-corrected chi connectivity index (χ1v) is 18.5. The highest BCUT2D eigenvalue weighted by Crippen LogP contribution is 2.66. The zero-order valence-electron chi connectivity index (χ0n) is 20.8. The molecule has 160 valence electrons. The molecule has 0 saturated carbocycles. The first-order chi connectivity index (χ1) is 15.1. The van der Waals surface area contributed by atoms with Gasteiger partial charge in [0.25, 0.3) is 0 Å². The van der Waals surface area contributed by atoms with E-state index in [0.717, 1.165) is 0 Å². The van der Waals surface area contributed by atoms with Crippen molar-refractivity contribution in [2.75, 3.05) is 0 Å². The maximum absolute atomic E-state index is 10.4. The normalized spacial score (nSPS) is 24.9. The Morgan fingerprint density at radius 3 is 1.39 bits per heavy atom. The van der Waals surface area contributed by atoms with E-state index >= 15 is 0 Å². The monoisotopic (exact) mass is 441 g/mol. The van der Waals surface area contributed by atoms with E-state index in [4.69, 9.17) is 0 Å². The molecule has 31 heavy (non-hydrogen) atoms. The Balaban J connectivity index is 2.16. The minimum atomic E-state index is -2.00. The Kier molecular flexibility index (Phi) is 5.62. The van der Waals surface area contributed by atoms with E-state index in [2.05, 4.69) is 130 Å². The van der Waals surface area contributed by atoms with Gasteiger partial charge in [-0.3, -0.25) is 0 Å². The molecule has 0 aliphatic heterocycles. The van der Waals surface area contributed by atoms with Gasteiger partial charge >= 0.3 is 0 Å². The lowest BCUT2D eigenvalue weighted by Crippen LogP contribution is -2.37. The van der Waals surface area contributed by atoms with Gasteiger partial charge in [-0.1, -0.05) is 130 Å². The van der Waals surface area contributed by atoms with Crippen molar-refractivity contribution in [3.05, 3.63) is 108 Å². The van der Waals surface area contributed by atoms with Crippen molar-refractivity contribution in [3.8, 4) is 0 Å². The van der Waals surface area contributed by atoms with Crippen LogP contribution in [0.2, 0.25) is 50.3 Å². The molecule has 0 radical (unpaired) electrons. The Hall–Kier alpha value is -2.17. The van der Waals surface area contributed by atoms with Crippen molar-refractivity contribution in [2.45, 2.75) is 56.3 Å². The molecule has 0 bridgehead atoms. The van der Waals surface area contributed by atoms with Crippen molar-refractivity contribution >= 4 is 27.3 Å². The van der Waals surface area contributed by atoms with Crippen LogP contribution in [0.4, 0.5) is 0 Å². The fourth-order valence-corrected chi connectivity index (χ4v) is 10.4. The van der Waals surface area contributed by atoms with Crippen LogP contribution in [0.5, 0.6) is 0 Å². The number of allylic oxidation sites excluding steroid dienone is 2. The summed E-state index contributed by atoms with van der Waals surface area (Å²) >= 11 is 0. The quantitative estimate of drug-likeness (QED) is 0.347. The molecule has 0 heterocycles. The van der Waals surface area contributed by atoms with Gasteiger partial charge in [0.05, 0.1) is 16.1 Å². The molecule has 0 aromatic heterocycles. The van der Waals surface area contributed by atoms with Gasteiger partial charge in [-0.2, -0.15) is 0 Å². The van der Waals surface area contributed by atoms with Crippen LogP contribution in [0.1, 0.15) is 24.0 Å². The van der Waals surface area contributed by atoms with Crippen LogP contribution >= 0.6 is 0 Å². The van der Waals surface area contributed by atoms with E-state index < -0.39 is 21.7 Å². The molecule has 2 heteroatoms. The van der Waals surface area contributed by atoms with Crippen molar-refractivity contribution in [1.29, 1.82) is 0 Å². The van der Waals surface area contributed by atoms with Gasteiger partial charge in [0.2, 0.25) is 0 Å². The maximum atomic E-state index is 10.4. The lowest BCUT2D eigenvalue weighted by atomic mass is 9.92. The first-order valence-electron chi connectivity index (χ1n) is 12.0. The van der Waals surface area contributed by atoms with Crippen LogP contribution in [-0.2, 0) is 0 Å². The first kappa shape index (κ1) is 20.7. The molecule has 3 aromatic rings. The molecule has 3 atom stereocenters. The SMILES string of the molecule is [2H][C@]1([Si](C)(C)C)C(c2ccccc2)=C(c2ccccc2)[C@@H]([Si](C)(C)C)C1c1ccccc1. The predicted octanol–water partition coefficient (Wildman–Crippen LogP) is 8.81. The zero-order chi connectivity index (χ0) is 23.1. The lowest BCUT2D eigenvalue weighted by molar-refractivity contribution is 0.725. The molecule has 1 aliphatic carbocycles. The third-order valence-electron chi connectivity index (χ3n) is 6.54. The summed E-state index contributed by atoms with van der Waals surface area (Å²) in [5.74, 6) is 0.174. The van der Waals surface area contributed by atoms with Crippen LogP contribution < -0.4 is 0 Å². The largest absolute Gasteiger partial charge is 0.0691 e. The van der Waals surface area contributed by atoms with E-state index in [-0.39, 0.29) is 5.92 Å². The van der Waals surface area contributed by atoms with E-state index in [0.29, 0.717) is 5.54 Å². The smallest absolute Gasteiger partial charge is 0.0529 e. The molecule has 0 saturated heterocycles. The topological polar surface area (TPSA) is 0 Å². The molecule has 0 spiro atoms. The maximum Gasteiger partial charge on any atom is 0.0529 e.